The molecule has 5 aromatic rings. The van der Waals surface area contributed by atoms with Gasteiger partial charge in [-0.3, -0.25) is 14.5 Å². The van der Waals surface area contributed by atoms with E-state index in [4.69, 9.17) is 4.74 Å². The molecule has 2 fully saturated rings. The molecular formula is C36H40N8O4S. The van der Waals surface area contributed by atoms with E-state index in [1.165, 1.54) is 31.0 Å². The molecule has 0 spiro atoms. The van der Waals surface area contributed by atoms with Crippen LogP contribution in [0.5, 0.6) is 0 Å². The van der Waals surface area contributed by atoms with Crippen molar-refractivity contribution < 1.29 is 9.84 Å². The Hall–Kier alpha value is -4.43. The van der Waals surface area contributed by atoms with Crippen LogP contribution >= 0.6 is 11.3 Å². The average Bonchev–Trinajstić information content (AvgIpc) is 3.55. The molecule has 0 aromatic carbocycles. The van der Waals surface area contributed by atoms with Gasteiger partial charge in [-0.15, -0.1) is 11.3 Å². The number of nitrogens with zero attached hydrogens (tertiary/aromatic N) is 7. The number of ether oxygens (including phenoxy) is 1. The fraction of sp³-hybridized carbons (Fsp3) is 0.417. The van der Waals surface area contributed by atoms with E-state index in [9.17, 15) is 14.7 Å². The van der Waals surface area contributed by atoms with Gasteiger partial charge in [-0.2, -0.15) is 9.78 Å². The molecule has 1 atom stereocenters. The first-order valence-corrected chi connectivity index (χ1v) is 17.6. The number of aryl methyl sites for hydroxylation is 1. The van der Waals surface area contributed by atoms with Gasteiger partial charge in [-0.25, -0.2) is 9.97 Å². The molecule has 1 unspecified atom stereocenters. The minimum Gasteiger partial charge on any atom is -0.392 e. The number of nitrogens with one attached hydrogen (secondary N) is 1. The molecule has 2 aliphatic heterocycles. The Morgan fingerprint density at radius 1 is 1.08 bits per heavy atom. The Morgan fingerprint density at radius 2 is 1.92 bits per heavy atom. The van der Waals surface area contributed by atoms with Gasteiger partial charge in [0.15, 0.2) is 5.82 Å². The molecule has 8 rings (SSSR count). The zero-order valence-electron chi connectivity index (χ0n) is 28.1. The maximum absolute atomic E-state index is 13.8. The SMILES string of the molecule is CC1CN(C2COC2)CCN1c1ccc(Nc2cc(-c3ccnc(-n4ncc5c6c(sc5c4=O)CC(C)(C)C6)c3CO)cn(C)c2=O)nc1. The van der Waals surface area contributed by atoms with Crippen LogP contribution in [0.3, 0.4) is 0 Å². The van der Waals surface area contributed by atoms with Crippen molar-refractivity contribution in [3.05, 3.63) is 85.8 Å². The molecule has 7 heterocycles. The third-order valence-corrected chi connectivity index (χ3v) is 11.4. The second-order valence-electron chi connectivity index (χ2n) is 14.3. The molecule has 0 saturated carbocycles. The van der Waals surface area contributed by atoms with Crippen LogP contribution < -0.4 is 21.3 Å². The third-order valence-electron chi connectivity index (χ3n) is 10.1. The van der Waals surface area contributed by atoms with Crippen molar-refractivity contribution >= 4 is 38.6 Å². The summed E-state index contributed by atoms with van der Waals surface area (Å²) < 4.78 is 8.81. The van der Waals surface area contributed by atoms with E-state index in [0.29, 0.717) is 45.0 Å². The molecule has 1 aliphatic carbocycles. The lowest BCUT2D eigenvalue weighted by Gasteiger charge is -2.46. The maximum atomic E-state index is 13.8. The molecule has 2 N–H and O–H groups in total. The first-order valence-electron chi connectivity index (χ1n) is 16.7. The van der Waals surface area contributed by atoms with E-state index < -0.39 is 0 Å². The number of aliphatic hydroxyl groups excluding tert-OH is 1. The second-order valence-corrected chi connectivity index (χ2v) is 15.4. The Morgan fingerprint density at radius 3 is 2.63 bits per heavy atom. The highest BCUT2D eigenvalue weighted by Crippen LogP contribution is 2.43. The molecule has 2 saturated heterocycles. The van der Waals surface area contributed by atoms with E-state index in [1.54, 1.807) is 37.8 Å². The molecule has 0 amide bonds. The van der Waals surface area contributed by atoms with Crippen molar-refractivity contribution in [1.29, 1.82) is 0 Å². The van der Waals surface area contributed by atoms with Gasteiger partial charge in [0, 0.05) is 66.5 Å². The minimum absolute atomic E-state index is 0.174. The van der Waals surface area contributed by atoms with E-state index in [1.807, 2.05) is 18.3 Å². The molecule has 5 aromatic heterocycles. The quantitative estimate of drug-likeness (QED) is 0.261. The second kappa shape index (κ2) is 12.2. The van der Waals surface area contributed by atoms with E-state index in [0.717, 1.165) is 56.8 Å². The van der Waals surface area contributed by atoms with Crippen molar-refractivity contribution in [3.8, 4) is 16.9 Å². The average molecular weight is 681 g/mol. The predicted molar refractivity (Wildman–Crippen MR) is 191 cm³/mol. The number of hydrogen-bond acceptors (Lipinski definition) is 11. The Bertz CT molecular complexity index is 2190. The Kier molecular flexibility index (Phi) is 7.90. The fourth-order valence-corrected chi connectivity index (χ4v) is 8.97. The van der Waals surface area contributed by atoms with Crippen molar-refractivity contribution in [1.82, 2.24) is 29.2 Å². The van der Waals surface area contributed by atoms with Crippen LogP contribution in [0.25, 0.3) is 27.0 Å². The number of pyridine rings is 3. The molecule has 49 heavy (non-hydrogen) atoms. The normalized spacial score (nSPS) is 19.3. The number of aromatic nitrogens is 5. The largest absolute Gasteiger partial charge is 0.392 e. The number of rotatable bonds is 7. The number of thiophene rings is 1. The van der Waals surface area contributed by atoms with Crippen LogP contribution in [-0.4, -0.2) is 79.3 Å². The van der Waals surface area contributed by atoms with Gasteiger partial charge >= 0.3 is 0 Å². The summed E-state index contributed by atoms with van der Waals surface area (Å²) in [5, 5.41) is 19.3. The van der Waals surface area contributed by atoms with Crippen molar-refractivity contribution in [2.24, 2.45) is 12.5 Å². The third kappa shape index (κ3) is 5.64. The number of aliphatic hydroxyl groups is 1. The summed E-state index contributed by atoms with van der Waals surface area (Å²) in [6.45, 7) is 10.9. The highest BCUT2D eigenvalue weighted by molar-refractivity contribution is 7.19. The maximum Gasteiger partial charge on any atom is 0.290 e. The first-order chi connectivity index (χ1) is 23.6. The summed E-state index contributed by atoms with van der Waals surface area (Å²) in [5.74, 6) is 0.807. The van der Waals surface area contributed by atoms with Crippen LogP contribution in [0.2, 0.25) is 0 Å². The van der Waals surface area contributed by atoms with Gasteiger partial charge in [0.05, 0.1) is 43.9 Å². The highest BCUT2D eigenvalue weighted by atomic mass is 32.1. The van der Waals surface area contributed by atoms with Gasteiger partial charge in [0.1, 0.15) is 16.2 Å². The first kappa shape index (κ1) is 31.8. The number of piperazine rings is 1. The van der Waals surface area contributed by atoms with Gasteiger partial charge in [0.25, 0.3) is 11.1 Å². The summed E-state index contributed by atoms with van der Waals surface area (Å²) in [6, 6.07) is 8.31. The lowest BCUT2D eigenvalue weighted by atomic mass is 9.90. The standard InChI is InChI=1S/C36H40N8O4S/c1-21-16-42(24-19-48-20-24)9-10-43(21)23-5-6-31(38-14-23)40-29-11-22(17-41(4)34(29)46)25-7-8-37-33(28(25)18-45)44-35(47)32-27(15-39-44)26-12-36(2,3)13-30(26)49-32/h5-8,11,14-15,17,21,24,45H,9-10,12-13,16,18-20H2,1-4H3,(H,38,40). The van der Waals surface area contributed by atoms with Crippen molar-refractivity contribution in [2.75, 3.05) is 43.1 Å². The van der Waals surface area contributed by atoms with Gasteiger partial charge in [0.2, 0.25) is 0 Å². The monoisotopic (exact) mass is 680 g/mol. The Labute approximate surface area is 287 Å². The van der Waals surface area contributed by atoms with E-state index in [2.05, 4.69) is 51.0 Å². The molecule has 254 valence electrons. The van der Waals surface area contributed by atoms with Gasteiger partial charge in [-0.05, 0) is 60.6 Å². The van der Waals surface area contributed by atoms with Gasteiger partial charge < -0.3 is 24.6 Å². The molecular weight excluding hydrogens is 641 g/mol. The van der Waals surface area contributed by atoms with Crippen molar-refractivity contribution in [2.45, 2.75) is 52.3 Å². The molecule has 3 aliphatic rings. The molecule has 13 heteroatoms. The Balaban J connectivity index is 1.07. The smallest absolute Gasteiger partial charge is 0.290 e. The lowest BCUT2D eigenvalue weighted by molar-refractivity contribution is -0.0691. The summed E-state index contributed by atoms with van der Waals surface area (Å²) in [7, 11) is 1.68. The topological polar surface area (TPSA) is 131 Å². The van der Waals surface area contributed by atoms with E-state index in [-0.39, 0.29) is 29.0 Å². The molecule has 12 nitrogen and oxygen atoms in total. The highest BCUT2D eigenvalue weighted by Gasteiger charge is 2.34. The van der Waals surface area contributed by atoms with E-state index >= 15 is 0 Å². The van der Waals surface area contributed by atoms with Crippen molar-refractivity contribution in [3.63, 3.8) is 0 Å². The molecule has 0 radical (unpaired) electrons. The number of fused-ring (bicyclic) bond motifs is 3. The minimum atomic E-state index is -0.379. The van der Waals surface area contributed by atoms with Crippen LogP contribution in [0, 0.1) is 5.41 Å². The summed E-state index contributed by atoms with van der Waals surface area (Å²) in [5.41, 5.74) is 4.03. The number of anilines is 3. The van der Waals surface area contributed by atoms with Crippen LogP contribution in [0.15, 0.2) is 58.6 Å². The van der Waals surface area contributed by atoms with Crippen LogP contribution in [-0.2, 0) is 31.2 Å². The lowest BCUT2D eigenvalue weighted by Crippen LogP contribution is -2.59. The molecule has 0 bridgehead atoms. The fourth-order valence-electron chi connectivity index (χ4n) is 7.49. The van der Waals surface area contributed by atoms with Crippen LogP contribution in [0.1, 0.15) is 36.8 Å². The summed E-state index contributed by atoms with van der Waals surface area (Å²) >= 11 is 1.53. The zero-order chi connectivity index (χ0) is 34.0. The zero-order valence-corrected chi connectivity index (χ0v) is 29.0. The summed E-state index contributed by atoms with van der Waals surface area (Å²) in [6.07, 6.45) is 8.76. The number of hydrogen-bond donors (Lipinski definition) is 2. The summed E-state index contributed by atoms with van der Waals surface area (Å²) in [4.78, 5) is 42.3. The predicted octanol–water partition coefficient (Wildman–Crippen LogP) is 3.87. The van der Waals surface area contributed by atoms with Gasteiger partial charge in [-0.1, -0.05) is 13.8 Å². The van der Waals surface area contributed by atoms with Crippen LogP contribution in [0.4, 0.5) is 17.2 Å².